The lowest BCUT2D eigenvalue weighted by molar-refractivity contribution is 0.0592. The van der Waals surface area contributed by atoms with Gasteiger partial charge in [-0.15, -0.1) is 0 Å². The van der Waals surface area contributed by atoms with Crippen LogP contribution in [0, 0.1) is 0 Å². The number of fused-ring (bicyclic) bond motifs is 1. The molecule has 1 atom stereocenters. The molecule has 2 aromatic rings. The molecule has 0 radical (unpaired) electrons. The van der Waals surface area contributed by atoms with Crippen molar-refractivity contribution in [3.05, 3.63) is 47.5 Å². The van der Waals surface area contributed by atoms with Crippen molar-refractivity contribution >= 4 is 5.91 Å². The molecule has 1 aromatic carbocycles. The Morgan fingerprint density at radius 3 is 2.85 bits per heavy atom. The monoisotopic (exact) mass is 353 g/mol. The Balaban J connectivity index is 1.55. The van der Waals surface area contributed by atoms with Crippen LogP contribution in [0.2, 0.25) is 0 Å². The number of nitrogens with zero attached hydrogens (tertiary/aromatic N) is 3. The van der Waals surface area contributed by atoms with E-state index < -0.39 is 0 Å². The molecule has 0 spiro atoms. The molecule has 138 valence electrons. The first-order valence-corrected chi connectivity index (χ1v) is 9.73. The maximum Gasteiger partial charge on any atom is 0.257 e. The zero-order valence-electron chi connectivity index (χ0n) is 15.5. The normalized spacial score (nSPS) is 19.4. The zero-order chi connectivity index (χ0) is 17.9. The van der Waals surface area contributed by atoms with E-state index in [-0.39, 0.29) is 11.9 Å². The molecule has 1 aromatic heterocycles. The largest absolute Gasteiger partial charge is 0.496 e. The van der Waals surface area contributed by atoms with E-state index >= 15 is 0 Å². The molecule has 0 saturated carbocycles. The summed E-state index contributed by atoms with van der Waals surface area (Å²) in [4.78, 5) is 19.6. The van der Waals surface area contributed by atoms with Crippen LogP contribution < -0.4 is 4.74 Å². The van der Waals surface area contributed by atoms with Crippen molar-refractivity contribution in [1.82, 2.24) is 14.5 Å². The second-order valence-electron chi connectivity index (χ2n) is 7.41. The Bertz CT molecular complexity index is 770. The summed E-state index contributed by atoms with van der Waals surface area (Å²) >= 11 is 0. The molecule has 1 aliphatic carbocycles. The number of aryl methyl sites for hydroxylation is 3. The summed E-state index contributed by atoms with van der Waals surface area (Å²) in [6.07, 6.45) is 13.3. The van der Waals surface area contributed by atoms with E-state index in [0.717, 1.165) is 56.5 Å². The first-order chi connectivity index (χ1) is 12.8. The molecular weight excluding hydrogens is 326 g/mol. The van der Waals surface area contributed by atoms with Crippen LogP contribution in [0.25, 0.3) is 0 Å². The van der Waals surface area contributed by atoms with Crippen LogP contribution in [-0.2, 0) is 19.4 Å². The number of ether oxygens (including phenoxy) is 1. The quantitative estimate of drug-likeness (QED) is 0.827. The zero-order valence-corrected chi connectivity index (χ0v) is 15.5. The summed E-state index contributed by atoms with van der Waals surface area (Å²) in [5, 5.41) is 0. The lowest BCUT2D eigenvalue weighted by Crippen LogP contribution is -2.44. The fourth-order valence-electron chi connectivity index (χ4n) is 4.38. The Morgan fingerprint density at radius 1 is 1.23 bits per heavy atom. The van der Waals surface area contributed by atoms with Crippen molar-refractivity contribution in [2.75, 3.05) is 13.7 Å². The Morgan fingerprint density at radius 2 is 2.08 bits per heavy atom. The molecule has 1 saturated heterocycles. The van der Waals surface area contributed by atoms with Gasteiger partial charge in [-0.25, -0.2) is 4.98 Å². The summed E-state index contributed by atoms with van der Waals surface area (Å²) < 4.78 is 7.67. The lowest BCUT2D eigenvalue weighted by Gasteiger charge is -2.36. The van der Waals surface area contributed by atoms with Gasteiger partial charge in [0.2, 0.25) is 0 Å². The van der Waals surface area contributed by atoms with Crippen LogP contribution in [0.1, 0.15) is 53.6 Å². The smallest absolute Gasteiger partial charge is 0.257 e. The van der Waals surface area contributed by atoms with Crippen LogP contribution in [0.4, 0.5) is 0 Å². The number of hydrogen-bond donors (Lipinski definition) is 0. The Kier molecular flexibility index (Phi) is 4.96. The van der Waals surface area contributed by atoms with Crippen LogP contribution in [0.15, 0.2) is 30.9 Å². The van der Waals surface area contributed by atoms with Crippen LogP contribution in [0.5, 0.6) is 5.75 Å². The van der Waals surface area contributed by atoms with Gasteiger partial charge in [-0.2, -0.15) is 0 Å². The SMILES string of the molecule is COc1cc2c(cc1C(=O)N1CCCC[C@@H]1CCn1ccnc1)CCC2. The van der Waals surface area contributed by atoms with E-state index in [9.17, 15) is 4.79 Å². The number of methoxy groups -OCH3 is 1. The van der Waals surface area contributed by atoms with Crippen LogP contribution in [-0.4, -0.2) is 40.1 Å². The second kappa shape index (κ2) is 7.52. The first-order valence-electron chi connectivity index (χ1n) is 9.73. The van der Waals surface area contributed by atoms with Gasteiger partial charge in [0.15, 0.2) is 0 Å². The number of carbonyl (C=O) groups is 1. The predicted molar refractivity (Wildman–Crippen MR) is 101 cm³/mol. The van der Waals surface area contributed by atoms with E-state index in [0.29, 0.717) is 0 Å². The summed E-state index contributed by atoms with van der Waals surface area (Å²) in [5.74, 6) is 0.862. The Labute approximate surface area is 155 Å². The molecule has 1 aliphatic heterocycles. The molecule has 2 aliphatic rings. The van der Waals surface area contributed by atoms with Gasteiger partial charge in [0.05, 0.1) is 19.0 Å². The van der Waals surface area contributed by atoms with Crippen molar-refractivity contribution in [3.63, 3.8) is 0 Å². The molecule has 4 rings (SSSR count). The van der Waals surface area contributed by atoms with E-state index in [2.05, 4.69) is 26.6 Å². The van der Waals surface area contributed by atoms with Gasteiger partial charge in [0, 0.05) is 31.5 Å². The van der Waals surface area contributed by atoms with Gasteiger partial charge in [-0.05, 0) is 68.2 Å². The number of aromatic nitrogens is 2. The van der Waals surface area contributed by atoms with E-state index in [1.807, 2.05) is 12.5 Å². The van der Waals surface area contributed by atoms with Crippen LogP contribution >= 0.6 is 0 Å². The maximum atomic E-state index is 13.4. The summed E-state index contributed by atoms with van der Waals surface area (Å²) in [6.45, 7) is 1.74. The number of benzene rings is 1. The Hall–Kier alpha value is -2.30. The molecule has 0 bridgehead atoms. The van der Waals surface area contributed by atoms with Gasteiger partial charge in [0.25, 0.3) is 5.91 Å². The van der Waals surface area contributed by atoms with E-state index in [1.54, 1.807) is 13.3 Å². The molecule has 2 heterocycles. The number of piperidine rings is 1. The second-order valence-corrected chi connectivity index (χ2v) is 7.41. The minimum absolute atomic E-state index is 0.131. The third-order valence-corrected chi connectivity index (χ3v) is 5.81. The van der Waals surface area contributed by atoms with Crippen LogP contribution in [0.3, 0.4) is 0 Å². The van der Waals surface area contributed by atoms with Gasteiger partial charge >= 0.3 is 0 Å². The van der Waals surface area contributed by atoms with E-state index in [4.69, 9.17) is 4.74 Å². The van der Waals surface area contributed by atoms with Crippen molar-refractivity contribution in [2.45, 2.75) is 57.5 Å². The number of likely N-dealkylation sites (tertiary alicyclic amines) is 1. The number of rotatable bonds is 5. The van der Waals surface area contributed by atoms with Gasteiger partial charge in [-0.1, -0.05) is 0 Å². The highest BCUT2D eigenvalue weighted by Gasteiger charge is 2.30. The third kappa shape index (κ3) is 3.35. The molecule has 0 N–H and O–H groups in total. The first kappa shape index (κ1) is 17.1. The van der Waals surface area contributed by atoms with E-state index in [1.165, 1.54) is 24.0 Å². The summed E-state index contributed by atoms with van der Waals surface area (Å²) in [7, 11) is 1.67. The standard InChI is InChI=1S/C21H27N3O2/c1-26-20-14-17-6-4-5-16(17)13-19(20)21(25)24-10-3-2-7-18(24)8-11-23-12-9-22-15-23/h9,12-15,18H,2-8,10-11H2,1H3/t18-/m1/s1. The minimum Gasteiger partial charge on any atom is -0.496 e. The number of carbonyl (C=O) groups excluding carboxylic acids is 1. The number of hydrogen-bond acceptors (Lipinski definition) is 3. The average Bonchev–Trinajstić information content (AvgIpc) is 3.36. The highest BCUT2D eigenvalue weighted by Crippen LogP contribution is 2.32. The average molecular weight is 353 g/mol. The highest BCUT2D eigenvalue weighted by molar-refractivity contribution is 5.97. The molecule has 1 amide bonds. The minimum atomic E-state index is 0.131. The molecule has 0 unspecified atom stereocenters. The molecule has 1 fully saturated rings. The van der Waals surface area contributed by atoms with Gasteiger partial charge < -0.3 is 14.2 Å². The lowest BCUT2D eigenvalue weighted by atomic mass is 9.97. The summed E-state index contributed by atoms with van der Waals surface area (Å²) in [5.41, 5.74) is 3.40. The van der Waals surface area contributed by atoms with Crippen molar-refractivity contribution < 1.29 is 9.53 Å². The maximum absolute atomic E-state index is 13.4. The van der Waals surface area contributed by atoms with Gasteiger partial charge in [0.1, 0.15) is 5.75 Å². The van der Waals surface area contributed by atoms with Crippen molar-refractivity contribution in [1.29, 1.82) is 0 Å². The predicted octanol–water partition coefficient (Wildman–Crippen LogP) is 3.47. The number of imidazole rings is 1. The molecular formula is C21H27N3O2. The summed E-state index contributed by atoms with van der Waals surface area (Å²) in [6, 6.07) is 4.46. The topological polar surface area (TPSA) is 47.4 Å². The van der Waals surface area contributed by atoms with Crippen molar-refractivity contribution in [2.24, 2.45) is 0 Å². The van der Waals surface area contributed by atoms with Crippen molar-refractivity contribution in [3.8, 4) is 5.75 Å². The molecule has 26 heavy (non-hydrogen) atoms. The third-order valence-electron chi connectivity index (χ3n) is 5.81. The molecule has 5 nitrogen and oxygen atoms in total. The highest BCUT2D eigenvalue weighted by atomic mass is 16.5. The van der Waals surface area contributed by atoms with Gasteiger partial charge in [-0.3, -0.25) is 4.79 Å². The fourth-order valence-corrected chi connectivity index (χ4v) is 4.38. The number of amides is 1. The molecule has 5 heteroatoms. The fraction of sp³-hybridized carbons (Fsp3) is 0.524.